The summed E-state index contributed by atoms with van der Waals surface area (Å²) in [7, 11) is 4.03. The van der Waals surface area contributed by atoms with Crippen LogP contribution in [0.3, 0.4) is 0 Å². The van der Waals surface area contributed by atoms with Crippen molar-refractivity contribution in [2.45, 2.75) is 19.4 Å². The van der Waals surface area contributed by atoms with Crippen LogP contribution in [-0.2, 0) is 0 Å². The third-order valence-corrected chi connectivity index (χ3v) is 3.12. The molecule has 1 rings (SSSR count). The van der Waals surface area contributed by atoms with Crippen molar-refractivity contribution in [3.8, 4) is 0 Å². The van der Waals surface area contributed by atoms with E-state index in [1.54, 1.807) is 6.07 Å². The van der Waals surface area contributed by atoms with Crippen molar-refractivity contribution < 1.29 is 8.78 Å². The largest absolute Gasteiger partial charge is 0.363 e. The minimum Gasteiger partial charge on any atom is -0.363 e. The Morgan fingerprint density at radius 3 is 2.60 bits per heavy atom. The van der Waals surface area contributed by atoms with Crippen LogP contribution in [0.1, 0.15) is 24.9 Å². The summed E-state index contributed by atoms with van der Waals surface area (Å²) in [6.45, 7) is 3.60. The van der Waals surface area contributed by atoms with Gasteiger partial charge in [0.25, 0.3) is 0 Å². The Morgan fingerprint density at radius 1 is 1.30 bits per heavy atom. The Balaban J connectivity index is 2.39. The zero-order valence-electron chi connectivity index (χ0n) is 12.0. The van der Waals surface area contributed by atoms with Gasteiger partial charge in [-0.05, 0) is 63.9 Å². The van der Waals surface area contributed by atoms with Gasteiger partial charge in [-0.15, -0.1) is 0 Å². The Hall–Kier alpha value is -1.27. The van der Waals surface area contributed by atoms with Gasteiger partial charge >= 0.3 is 0 Å². The maximum Gasteiger partial charge on any atom is 0.166 e. The molecule has 0 aliphatic carbocycles. The molecule has 0 aliphatic heterocycles. The van der Waals surface area contributed by atoms with Crippen molar-refractivity contribution in [3.05, 3.63) is 35.4 Å². The van der Waals surface area contributed by atoms with Crippen molar-refractivity contribution in [3.63, 3.8) is 0 Å². The molecule has 112 valence electrons. The Labute approximate surface area is 124 Å². The highest BCUT2D eigenvalue weighted by molar-refractivity contribution is 7.80. The molecule has 0 unspecified atom stereocenters. The molecule has 0 saturated carbocycles. The normalized spacial score (nSPS) is 12.3. The van der Waals surface area contributed by atoms with Gasteiger partial charge in [0.05, 0.1) is 6.04 Å². The number of nitrogens with one attached hydrogen (secondary N) is 2. The van der Waals surface area contributed by atoms with Crippen LogP contribution < -0.4 is 10.6 Å². The molecule has 3 nitrogen and oxygen atoms in total. The van der Waals surface area contributed by atoms with E-state index in [2.05, 4.69) is 15.5 Å². The van der Waals surface area contributed by atoms with E-state index < -0.39 is 11.6 Å². The summed E-state index contributed by atoms with van der Waals surface area (Å²) in [5, 5.41) is 6.65. The van der Waals surface area contributed by atoms with E-state index >= 15 is 0 Å². The van der Waals surface area contributed by atoms with E-state index in [0.29, 0.717) is 10.7 Å². The van der Waals surface area contributed by atoms with Crippen molar-refractivity contribution in [2.24, 2.45) is 0 Å². The Morgan fingerprint density at radius 2 is 2.00 bits per heavy atom. The van der Waals surface area contributed by atoms with Crippen LogP contribution in [0.2, 0.25) is 0 Å². The fraction of sp³-hybridized carbons (Fsp3) is 0.500. The third kappa shape index (κ3) is 5.79. The number of hydrogen-bond acceptors (Lipinski definition) is 2. The standard InChI is InChI=1S/C14H21F2N3S/c1-10(11-5-6-12(15)13(16)9-11)18-14(20)17-7-4-8-19(2)3/h5-6,9-10H,4,7-8H2,1-3H3,(H2,17,18,20)/t10-/m0/s1. The summed E-state index contributed by atoms with van der Waals surface area (Å²) in [5.74, 6) is -1.69. The molecule has 1 aromatic rings. The second-order valence-corrected chi connectivity index (χ2v) is 5.36. The van der Waals surface area contributed by atoms with Gasteiger partial charge in [-0.3, -0.25) is 0 Å². The maximum atomic E-state index is 13.1. The fourth-order valence-corrected chi connectivity index (χ4v) is 1.99. The summed E-state index contributed by atoms with van der Waals surface area (Å²) in [6, 6.07) is 3.67. The Bertz CT molecular complexity index is 452. The van der Waals surface area contributed by atoms with Crippen LogP contribution in [0, 0.1) is 11.6 Å². The summed E-state index contributed by atoms with van der Waals surface area (Å²) in [4.78, 5) is 2.10. The summed E-state index contributed by atoms with van der Waals surface area (Å²) in [5.41, 5.74) is 0.654. The minimum absolute atomic E-state index is 0.182. The third-order valence-electron chi connectivity index (χ3n) is 2.86. The molecule has 0 bridgehead atoms. The molecule has 0 radical (unpaired) electrons. The van der Waals surface area contributed by atoms with E-state index in [1.807, 2.05) is 21.0 Å². The summed E-state index contributed by atoms with van der Waals surface area (Å²) in [6.07, 6.45) is 0.981. The van der Waals surface area contributed by atoms with Gasteiger partial charge in [0, 0.05) is 6.54 Å². The van der Waals surface area contributed by atoms with Gasteiger partial charge in [0.15, 0.2) is 16.7 Å². The van der Waals surface area contributed by atoms with Gasteiger partial charge in [0.2, 0.25) is 0 Å². The Kier molecular flexibility index (Phi) is 6.81. The molecule has 0 saturated heterocycles. The minimum atomic E-state index is -0.846. The molecule has 0 fully saturated rings. The number of benzene rings is 1. The first-order valence-corrected chi connectivity index (χ1v) is 6.95. The quantitative estimate of drug-likeness (QED) is 0.623. The van der Waals surface area contributed by atoms with Gasteiger partial charge in [-0.1, -0.05) is 6.07 Å². The van der Waals surface area contributed by atoms with E-state index in [4.69, 9.17) is 12.2 Å². The predicted molar refractivity (Wildman–Crippen MR) is 81.7 cm³/mol. The maximum absolute atomic E-state index is 13.1. The molecule has 0 heterocycles. The number of hydrogen-bond donors (Lipinski definition) is 2. The zero-order chi connectivity index (χ0) is 15.1. The van der Waals surface area contributed by atoms with Crippen LogP contribution in [0.15, 0.2) is 18.2 Å². The number of halogens is 2. The fourth-order valence-electron chi connectivity index (χ4n) is 1.71. The van der Waals surface area contributed by atoms with Crippen LogP contribution in [0.5, 0.6) is 0 Å². The first-order chi connectivity index (χ1) is 9.40. The lowest BCUT2D eigenvalue weighted by Crippen LogP contribution is -2.38. The smallest absolute Gasteiger partial charge is 0.166 e. The second-order valence-electron chi connectivity index (χ2n) is 4.95. The molecule has 0 spiro atoms. The first-order valence-electron chi connectivity index (χ1n) is 6.54. The molecule has 0 aliphatic rings. The van der Waals surface area contributed by atoms with Crippen molar-refractivity contribution in [2.75, 3.05) is 27.2 Å². The highest BCUT2D eigenvalue weighted by Gasteiger charge is 2.10. The molecule has 6 heteroatoms. The lowest BCUT2D eigenvalue weighted by atomic mass is 10.1. The predicted octanol–water partition coefficient (Wildman–Crippen LogP) is 2.44. The van der Waals surface area contributed by atoms with E-state index in [-0.39, 0.29) is 6.04 Å². The highest BCUT2D eigenvalue weighted by Crippen LogP contribution is 2.15. The van der Waals surface area contributed by atoms with Gasteiger partial charge in [-0.2, -0.15) is 0 Å². The molecule has 0 amide bonds. The topological polar surface area (TPSA) is 27.3 Å². The van der Waals surface area contributed by atoms with E-state index in [9.17, 15) is 8.78 Å². The van der Waals surface area contributed by atoms with Gasteiger partial charge in [-0.25, -0.2) is 8.78 Å². The van der Waals surface area contributed by atoms with Crippen molar-refractivity contribution in [1.82, 2.24) is 15.5 Å². The molecule has 2 N–H and O–H groups in total. The van der Waals surface area contributed by atoms with Crippen molar-refractivity contribution in [1.29, 1.82) is 0 Å². The molecule has 1 aromatic carbocycles. The molecular weight excluding hydrogens is 280 g/mol. The highest BCUT2D eigenvalue weighted by atomic mass is 32.1. The lowest BCUT2D eigenvalue weighted by molar-refractivity contribution is 0.400. The zero-order valence-corrected chi connectivity index (χ0v) is 12.9. The number of thiocarbonyl (C=S) groups is 1. The van der Waals surface area contributed by atoms with Crippen LogP contribution in [-0.4, -0.2) is 37.2 Å². The molecule has 0 aromatic heterocycles. The van der Waals surface area contributed by atoms with Crippen molar-refractivity contribution >= 4 is 17.3 Å². The van der Waals surface area contributed by atoms with Gasteiger partial charge in [0.1, 0.15) is 0 Å². The first kappa shape index (κ1) is 16.8. The van der Waals surface area contributed by atoms with Crippen LogP contribution >= 0.6 is 12.2 Å². The SMILES string of the molecule is C[C@H](NC(=S)NCCCN(C)C)c1ccc(F)c(F)c1. The van der Waals surface area contributed by atoms with E-state index in [1.165, 1.54) is 6.07 Å². The monoisotopic (exact) mass is 301 g/mol. The lowest BCUT2D eigenvalue weighted by Gasteiger charge is -2.18. The van der Waals surface area contributed by atoms with Crippen LogP contribution in [0.4, 0.5) is 8.78 Å². The number of rotatable bonds is 6. The second kappa shape index (κ2) is 8.11. The average molecular weight is 301 g/mol. The van der Waals surface area contributed by atoms with Crippen LogP contribution in [0.25, 0.3) is 0 Å². The molecular formula is C14H21F2N3S. The summed E-state index contributed by atoms with van der Waals surface area (Å²) < 4.78 is 26.0. The number of nitrogens with zero attached hydrogens (tertiary/aromatic N) is 1. The average Bonchev–Trinajstić information content (AvgIpc) is 2.37. The van der Waals surface area contributed by atoms with Gasteiger partial charge < -0.3 is 15.5 Å². The summed E-state index contributed by atoms with van der Waals surface area (Å²) >= 11 is 5.16. The van der Waals surface area contributed by atoms with E-state index in [0.717, 1.165) is 25.6 Å². The molecule has 1 atom stereocenters. The molecule has 20 heavy (non-hydrogen) atoms.